The van der Waals surface area contributed by atoms with Crippen LogP contribution in [0.5, 0.6) is 0 Å². The summed E-state index contributed by atoms with van der Waals surface area (Å²) in [7, 11) is 8.66. The molecule has 0 amide bonds. The van der Waals surface area contributed by atoms with E-state index in [2.05, 4.69) is 651 Å². The lowest BCUT2D eigenvalue weighted by molar-refractivity contribution is 0.660. The van der Waals surface area contributed by atoms with Crippen molar-refractivity contribution in [2.24, 2.45) is 0 Å². The summed E-state index contributed by atoms with van der Waals surface area (Å²) in [6, 6.07) is 203. The summed E-state index contributed by atoms with van der Waals surface area (Å²) in [6.07, 6.45) is 0. The van der Waals surface area contributed by atoms with Crippen molar-refractivity contribution in [2.75, 3.05) is 67.4 Å². The molecular weight excluding hydrogens is 1780 g/mol. The van der Waals surface area contributed by atoms with Gasteiger partial charge in [-0.05, 0) is 226 Å². The van der Waals surface area contributed by atoms with Crippen molar-refractivity contribution in [1.82, 2.24) is 0 Å². The number of hydrogen-bond donors (Lipinski definition) is 0. The quantitative estimate of drug-likeness (QED) is 0.0702. The third kappa shape index (κ3) is 18.9. The lowest BCUT2D eigenvalue weighted by Gasteiger charge is -2.29. The number of para-hydroxylation sites is 9. The second-order valence-electron chi connectivity index (χ2n) is 37.7. The molecule has 24 aromatic rings. The minimum Gasteiger partial charge on any atom is -0.344 e. The SMILES string of the molecule is CN(c1ccc2c(c1)C(C)(C)c1ccccc1-2)c1ccc(N(c2ccccc2)c2ccccc2)c2ccccc12.CN(c1ccc2ccccc2c1)c1ccc(N(c2ccccc2)c2ccccc2)c2ccccc12.CN(c1cccc2ccccc12)c1ccc(N(c2ccccc2)c2ccccc2)c2ccccc12.CN(c1ccccc1-c1ccccc1)c1ccc(N(c2ccccc2)c2ccccc2)c2ccccc12. The zero-order valence-corrected chi connectivity index (χ0v) is 83.3. The highest BCUT2D eigenvalue weighted by Gasteiger charge is 2.36. The van der Waals surface area contributed by atoms with E-state index in [0.29, 0.717) is 0 Å². The number of fused-ring (bicyclic) bond motifs is 9. The van der Waals surface area contributed by atoms with Gasteiger partial charge in [-0.1, -0.05) is 402 Å². The summed E-state index contributed by atoms with van der Waals surface area (Å²) in [5.41, 5.74) is 31.1. The van der Waals surface area contributed by atoms with Crippen LogP contribution in [0.25, 0.3) is 86.9 Å². The molecule has 0 heterocycles. The highest BCUT2D eigenvalue weighted by molar-refractivity contribution is 6.12. The Bertz CT molecular complexity index is 8550. The van der Waals surface area contributed by atoms with E-state index in [-0.39, 0.29) is 5.41 Å². The summed E-state index contributed by atoms with van der Waals surface area (Å²) in [6.45, 7) is 4.68. The van der Waals surface area contributed by atoms with Crippen LogP contribution in [0.3, 0.4) is 0 Å². The molecule has 0 saturated carbocycles. The molecule has 0 bridgehead atoms. The first kappa shape index (κ1) is 93.2. The van der Waals surface area contributed by atoms with Crippen LogP contribution >= 0.6 is 0 Å². The molecule has 0 unspecified atom stereocenters. The van der Waals surface area contributed by atoms with E-state index in [0.717, 1.165) is 68.2 Å². The molecule has 0 atom stereocenters. The van der Waals surface area contributed by atoms with Gasteiger partial charge >= 0.3 is 0 Å². The summed E-state index contributed by atoms with van der Waals surface area (Å²) in [5.74, 6) is 0. The van der Waals surface area contributed by atoms with Gasteiger partial charge in [0.2, 0.25) is 0 Å². The molecule has 8 nitrogen and oxygen atoms in total. The lowest BCUT2D eigenvalue weighted by atomic mass is 9.82. The van der Waals surface area contributed by atoms with E-state index < -0.39 is 0 Å². The van der Waals surface area contributed by atoms with Gasteiger partial charge in [-0.2, -0.15) is 0 Å². The molecule has 1 aliphatic carbocycles. The zero-order chi connectivity index (χ0) is 99.5. The summed E-state index contributed by atoms with van der Waals surface area (Å²) < 4.78 is 0. The minimum absolute atomic E-state index is 0.0272. The first-order chi connectivity index (χ1) is 72.4. The largest absolute Gasteiger partial charge is 0.344 e. The highest BCUT2D eigenvalue weighted by Crippen LogP contribution is 2.53. The van der Waals surface area contributed by atoms with Gasteiger partial charge in [-0.25, -0.2) is 0 Å². The molecule has 0 N–H and O–H groups in total. The molecule has 147 heavy (non-hydrogen) atoms. The molecule has 0 spiro atoms. The molecule has 0 radical (unpaired) electrons. The Morgan fingerprint density at radius 3 is 0.748 bits per heavy atom. The van der Waals surface area contributed by atoms with Gasteiger partial charge in [0.25, 0.3) is 0 Å². The maximum atomic E-state index is 2.39. The number of anilines is 20. The van der Waals surface area contributed by atoms with Crippen LogP contribution in [-0.4, -0.2) is 28.2 Å². The van der Waals surface area contributed by atoms with Crippen LogP contribution in [0.15, 0.2) is 570 Å². The van der Waals surface area contributed by atoms with Crippen molar-refractivity contribution in [2.45, 2.75) is 19.3 Å². The van der Waals surface area contributed by atoms with Gasteiger partial charge in [0, 0.05) is 179 Å². The normalized spacial score (nSPS) is 11.5. The van der Waals surface area contributed by atoms with Gasteiger partial charge in [0.05, 0.1) is 22.7 Å². The van der Waals surface area contributed by atoms with Crippen molar-refractivity contribution < 1.29 is 0 Å². The molecule has 1 aliphatic rings. The smallest absolute Gasteiger partial charge is 0.0541 e. The fourth-order valence-electron chi connectivity index (χ4n) is 21.3. The minimum atomic E-state index is -0.0272. The summed E-state index contributed by atoms with van der Waals surface area (Å²) >= 11 is 0. The van der Waals surface area contributed by atoms with Crippen LogP contribution in [0.1, 0.15) is 25.0 Å². The Balaban J connectivity index is 0.000000111. The van der Waals surface area contributed by atoms with Crippen molar-refractivity contribution in [3.8, 4) is 22.3 Å². The summed E-state index contributed by atoms with van der Waals surface area (Å²) in [5, 5.41) is 14.7. The first-order valence-corrected chi connectivity index (χ1v) is 50.4. The molecule has 0 saturated heterocycles. The number of benzene rings is 24. The Morgan fingerprint density at radius 2 is 0.374 bits per heavy atom. The van der Waals surface area contributed by atoms with Gasteiger partial charge in [-0.3, -0.25) is 0 Å². The lowest BCUT2D eigenvalue weighted by Crippen LogP contribution is -2.17. The average Bonchev–Trinajstić information content (AvgIpc) is 1.64. The van der Waals surface area contributed by atoms with Gasteiger partial charge < -0.3 is 39.2 Å². The monoisotopic (exact) mass is 1890 g/mol. The van der Waals surface area contributed by atoms with Gasteiger partial charge in [-0.15, -0.1) is 0 Å². The van der Waals surface area contributed by atoms with Gasteiger partial charge in [0.15, 0.2) is 0 Å². The molecular formula is C139H112N8. The average molecular weight is 1890 g/mol. The fourth-order valence-corrected chi connectivity index (χ4v) is 21.3. The maximum Gasteiger partial charge on any atom is 0.0541 e. The predicted octanol–water partition coefficient (Wildman–Crippen LogP) is 38.6. The molecule has 25 rings (SSSR count). The number of rotatable bonds is 21. The van der Waals surface area contributed by atoms with Crippen LogP contribution in [0, 0.1) is 0 Å². The standard InChI is InChI=1S/C38H32N2.C35H28N2.2C33H26N2/c1-38(2)34-21-13-12-18-30(34)31-23-22-29(26-35(31)38)39(3)36-24-25-37(33-20-11-10-19-32(33)36)40(27-14-6-4-7-15-27)28-16-8-5-9-17-28;1-36(33-24-14-13-21-30(33)27-15-5-2-6-16-27)34-25-26-35(32-23-12-11-22-31(32)34)37(28-17-7-3-8-18-28)29-19-9-4-10-20-29;1-34(31-22-12-14-25-13-8-9-19-28(25)31)32-23-24-33(30-21-11-10-20-29(30)32)35(26-15-4-2-5-16-26)27-17-6-3-7-18-27;1-34(29-21-20-25-12-8-9-13-26(25)24-29)32-22-23-33(31-19-11-10-18-30(31)32)35(27-14-4-2-5-15-27)28-16-6-3-7-17-28/h4-26H,1-3H3;2-26H,1H3;2*2-24H,1H3. The Hall–Kier alpha value is -18.8. The van der Waals surface area contributed by atoms with Crippen LogP contribution in [-0.2, 0) is 5.41 Å². The maximum absolute atomic E-state index is 2.39. The first-order valence-electron chi connectivity index (χ1n) is 50.4. The Kier molecular flexibility index (Phi) is 26.8. The zero-order valence-electron chi connectivity index (χ0n) is 83.3. The van der Waals surface area contributed by atoms with Crippen LogP contribution in [0.4, 0.5) is 114 Å². The van der Waals surface area contributed by atoms with E-state index in [1.54, 1.807) is 0 Å². The van der Waals surface area contributed by atoms with Crippen LogP contribution in [0.2, 0.25) is 0 Å². The van der Waals surface area contributed by atoms with Crippen molar-refractivity contribution in [3.63, 3.8) is 0 Å². The van der Waals surface area contributed by atoms with E-state index >= 15 is 0 Å². The van der Waals surface area contributed by atoms with E-state index in [9.17, 15) is 0 Å². The number of nitrogens with zero attached hydrogens (tertiary/aromatic N) is 8. The van der Waals surface area contributed by atoms with Crippen molar-refractivity contribution in [3.05, 3.63) is 581 Å². The third-order valence-electron chi connectivity index (χ3n) is 28.6. The predicted molar refractivity (Wildman–Crippen MR) is 631 cm³/mol. The Morgan fingerprint density at radius 1 is 0.136 bits per heavy atom. The van der Waals surface area contributed by atoms with Gasteiger partial charge in [0.1, 0.15) is 0 Å². The van der Waals surface area contributed by atoms with Crippen molar-refractivity contribution >= 4 is 178 Å². The molecule has 24 aromatic carbocycles. The molecule has 0 aromatic heterocycles. The molecule has 708 valence electrons. The second kappa shape index (κ2) is 42.2. The topological polar surface area (TPSA) is 25.9 Å². The summed E-state index contributed by atoms with van der Waals surface area (Å²) in [4.78, 5) is 18.6. The molecule has 0 fully saturated rings. The number of hydrogen-bond acceptors (Lipinski definition) is 8. The van der Waals surface area contributed by atoms with E-state index in [4.69, 9.17) is 0 Å². The van der Waals surface area contributed by atoms with Crippen molar-refractivity contribution in [1.29, 1.82) is 0 Å². The molecule has 8 heteroatoms. The molecule has 0 aliphatic heterocycles. The fraction of sp³-hybridized carbons (Fsp3) is 0.0504. The Labute approximate surface area is 862 Å². The van der Waals surface area contributed by atoms with E-state index in [1.807, 2.05) is 0 Å². The van der Waals surface area contributed by atoms with E-state index in [1.165, 1.54) is 144 Å². The highest BCUT2D eigenvalue weighted by atomic mass is 15.2. The van der Waals surface area contributed by atoms with Crippen LogP contribution < -0.4 is 39.2 Å². The third-order valence-corrected chi connectivity index (χ3v) is 28.6. The second-order valence-corrected chi connectivity index (χ2v) is 37.7.